The molecule has 122 valence electrons. The van der Waals surface area contributed by atoms with Crippen LogP contribution in [-0.4, -0.2) is 47.1 Å². The van der Waals surface area contributed by atoms with E-state index in [1.807, 2.05) is 30.3 Å². The Bertz CT molecular complexity index is 525. The molecule has 3 nitrogen and oxygen atoms in total. The van der Waals surface area contributed by atoms with Crippen molar-refractivity contribution in [1.29, 1.82) is 0 Å². The third kappa shape index (κ3) is 2.99. The molecule has 3 rings (SSSR count). The summed E-state index contributed by atoms with van der Waals surface area (Å²) in [5.74, 6) is -0.454. The number of benzene rings is 1. The van der Waals surface area contributed by atoms with Crippen molar-refractivity contribution >= 4 is 18.3 Å². The predicted molar refractivity (Wildman–Crippen MR) is 87.8 cm³/mol. The maximum absolute atomic E-state index is 15.3. The summed E-state index contributed by atoms with van der Waals surface area (Å²) in [7, 11) is 0. The molecule has 2 aliphatic heterocycles. The maximum atomic E-state index is 15.3. The molecular formula is C17H24ClFN2O. The molecule has 0 aromatic heterocycles. The molecule has 2 heterocycles. The molecule has 1 aromatic carbocycles. The Morgan fingerprint density at radius 3 is 2.64 bits per heavy atom. The van der Waals surface area contributed by atoms with Gasteiger partial charge in [0.25, 0.3) is 5.91 Å². The highest BCUT2D eigenvalue weighted by molar-refractivity contribution is 5.87. The quantitative estimate of drug-likeness (QED) is 0.852. The summed E-state index contributed by atoms with van der Waals surface area (Å²) in [6.07, 6.45) is 0.762. The number of hydrogen-bond acceptors (Lipinski definition) is 2. The largest absolute Gasteiger partial charge is 0.336 e. The monoisotopic (exact) mass is 326 g/mol. The van der Waals surface area contributed by atoms with E-state index >= 15 is 4.39 Å². The highest BCUT2D eigenvalue weighted by atomic mass is 35.5. The first-order chi connectivity index (χ1) is 10.0. The zero-order chi connectivity index (χ0) is 15.0. The minimum absolute atomic E-state index is 0. The lowest BCUT2D eigenvalue weighted by Gasteiger charge is -2.38. The van der Waals surface area contributed by atoms with Crippen molar-refractivity contribution in [2.24, 2.45) is 5.92 Å². The van der Waals surface area contributed by atoms with Crippen LogP contribution in [0, 0.1) is 5.92 Å². The van der Waals surface area contributed by atoms with E-state index in [0.717, 1.165) is 12.0 Å². The smallest absolute Gasteiger partial charge is 0.262 e. The minimum Gasteiger partial charge on any atom is -0.336 e. The van der Waals surface area contributed by atoms with Gasteiger partial charge in [0.05, 0.1) is 0 Å². The fourth-order valence-corrected chi connectivity index (χ4v) is 3.50. The van der Waals surface area contributed by atoms with Crippen molar-refractivity contribution in [2.45, 2.75) is 38.5 Å². The van der Waals surface area contributed by atoms with E-state index in [2.05, 4.69) is 18.7 Å². The number of fused-ring (bicyclic) bond motifs is 1. The average molecular weight is 327 g/mol. The fourth-order valence-electron chi connectivity index (χ4n) is 3.50. The Kier molecular flexibility index (Phi) is 5.13. The molecule has 1 amide bonds. The number of nitrogens with zero attached hydrogens (tertiary/aromatic N) is 2. The number of rotatable bonds is 3. The van der Waals surface area contributed by atoms with Gasteiger partial charge in [-0.05, 0) is 25.8 Å². The molecule has 2 fully saturated rings. The van der Waals surface area contributed by atoms with Gasteiger partial charge in [0.15, 0.2) is 0 Å². The average Bonchev–Trinajstić information content (AvgIpc) is 2.83. The van der Waals surface area contributed by atoms with Gasteiger partial charge >= 0.3 is 0 Å². The van der Waals surface area contributed by atoms with E-state index in [1.165, 1.54) is 0 Å². The van der Waals surface area contributed by atoms with E-state index in [9.17, 15) is 4.79 Å². The molecule has 0 bridgehead atoms. The second-order valence-corrected chi connectivity index (χ2v) is 6.58. The SMILES string of the molecule is CC(C)N1C[C@@H]2CCN(Cc3ccccc3)C(=O)[C@]2(F)C1.Cl. The van der Waals surface area contributed by atoms with Gasteiger partial charge in [-0.2, -0.15) is 0 Å². The summed E-state index contributed by atoms with van der Waals surface area (Å²) in [5, 5.41) is 0. The number of amides is 1. The van der Waals surface area contributed by atoms with Crippen LogP contribution < -0.4 is 0 Å². The summed E-state index contributed by atoms with van der Waals surface area (Å²) < 4.78 is 15.3. The van der Waals surface area contributed by atoms with Crippen LogP contribution in [0.3, 0.4) is 0 Å². The van der Waals surface area contributed by atoms with Crippen LogP contribution >= 0.6 is 12.4 Å². The highest BCUT2D eigenvalue weighted by Crippen LogP contribution is 2.40. The van der Waals surface area contributed by atoms with Gasteiger partial charge in [0, 0.05) is 38.1 Å². The Labute approximate surface area is 137 Å². The van der Waals surface area contributed by atoms with Gasteiger partial charge < -0.3 is 4.90 Å². The van der Waals surface area contributed by atoms with Crippen LogP contribution in [0.4, 0.5) is 4.39 Å². The summed E-state index contributed by atoms with van der Waals surface area (Å²) in [6, 6.07) is 10.1. The zero-order valence-corrected chi connectivity index (χ0v) is 14.0. The molecule has 0 radical (unpaired) electrons. The van der Waals surface area contributed by atoms with Crippen molar-refractivity contribution in [3.05, 3.63) is 35.9 Å². The molecule has 0 aliphatic carbocycles. The minimum atomic E-state index is -1.68. The molecule has 0 N–H and O–H groups in total. The molecule has 2 saturated heterocycles. The number of carbonyl (C=O) groups excluding carboxylic acids is 1. The molecule has 0 unspecified atom stereocenters. The second-order valence-electron chi connectivity index (χ2n) is 6.58. The van der Waals surface area contributed by atoms with E-state index < -0.39 is 5.67 Å². The van der Waals surface area contributed by atoms with Crippen molar-refractivity contribution in [3.63, 3.8) is 0 Å². The van der Waals surface area contributed by atoms with Crippen LogP contribution in [0.25, 0.3) is 0 Å². The van der Waals surface area contributed by atoms with Crippen LogP contribution in [0.1, 0.15) is 25.8 Å². The third-order valence-electron chi connectivity index (χ3n) is 4.87. The van der Waals surface area contributed by atoms with Gasteiger partial charge in [-0.25, -0.2) is 4.39 Å². The highest BCUT2D eigenvalue weighted by Gasteiger charge is 2.56. The molecule has 2 aliphatic rings. The molecule has 0 spiro atoms. The van der Waals surface area contributed by atoms with Crippen LogP contribution in [0.15, 0.2) is 30.3 Å². The fraction of sp³-hybridized carbons (Fsp3) is 0.588. The molecule has 1 aromatic rings. The normalized spacial score (nSPS) is 28.6. The van der Waals surface area contributed by atoms with Gasteiger partial charge in [-0.1, -0.05) is 30.3 Å². The summed E-state index contributed by atoms with van der Waals surface area (Å²) in [5.41, 5.74) is -0.622. The van der Waals surface area contributed by atoms with Crippen molar-refractivity contribution in [3.8, 4) is 0 Å². The summed E-state index contributed by atoms with van der Waals surface area (Å²) in [6.45, 7) is 6.26. The zero-order valence-electron chi connectivity index (χ0n) is 13.2. The van der Waals surface area contributed by atoms with E-state index in [1.54, 1.807) is 4.90 Å². The molecular weight excluding hydrogens is 303 g/mol. The number of carbonyl (C=O) groups is 1. The first-order valence-electron chi connectivity index (χ1n) is 7.77. The van der Waals surface area contributed by atoms with Crippen molar-refractivity contribution < 1.29 is 9.18 Å². The van der Waals surface area contributed by atoms with Crippen LogP contribution in [0.5, 0.6) is 0 Å². The lowest BCUT2D eigenvalue weighted by atomic mass is 9.85. The van der Waals surface area contributed by atoms with Gasteiger partial charge in [-0.3, -0.25) is 9.69 Å². The van der Waals surface area contributed by atoms with Gasteiger partial charge in [0.1, 0.15) is 0 Å². The standard InChI is InChI=1S/C17H23FN2O.ClH/c1-13(2)20-11-15-8-9-19(16(21)17(15,18)12-20)10-14-6-4-3-5-7-14;/h3-7,13,15H,8-12H2,1-2H3;1H/t15-,17-;/m0./s1. The lowest BCUT2D eigenvalue weighted by molar-refractivity contribution is -0.151. The molecule has 2 atom stereocenters. The number of piperidine rings is 1. The maximum Gasteiger partial charge on any atom is 0.262 e. The Morgan fingerprint density at radius 1 is 1.32 bits per heavy atom. The molecule has 0 saturated carbocycles. The van der Waals surface area contributed by atoms with E-state index in [-0.39, 0.29) is 30.8 Å². The Hall–Kier alpha value is -1.13. The summed E-state index contributed by atoms with van der Waals surface area (Å²) in [4.78, 5) is 16.4. The van der Waals surface area contributed by atoms with Gasteiger partial charge in [0.2, 0.25) is 5.67 Å². The first-order valence-corrected chi connectivity index (χ1v) is 7.77. The van der Waals surface area contributed by atoms with Crippen molar-refractivity contribution in [2.75, 3.05) is 19.6 Å². The Morgan fingerprint density at radius 2 is 2.00 bits per heavy atom. The van der Waals surface area contributed by atoms with Gasteiger partial charge in [-0.15, -0.1) is 12.4 Å². The predicted octanol–water partition coefficient (Wildman–Crippen LogP) is 2.89. The number of halogens is 2. The first kappa shape index (κ1) is 17.2. The topological polar surface area (TPSA) is 23.6 Å². The Balaban J connectivity index is 0.00000176. The lowest BCUT2D eigenvalue weighted by Crippen LogP contribution is -2.55. The van der Waals surface area contributed by atoms with Crippen molar-refractivity contribution in [1.82, 2.24) is 9.80 Å². The third-order valence-corrected chi connectivity index (χ3v) is 4.87. The number of alkyl halides is 1. The summed E-state index contributed by atoms with van der Waals surface area (Å²) >= 11 is 0. The number of likely N-dealkylation sites (tertiary alicyclic amines) is 2. The molecule has 22 heavy (non-hydrogen) atoms. The van der Waals surface area contributed by atoms with Crippen LogP contribution in [0.2, 0.25) is 0 Å². The second kappa shape index (κ2) is 6.55. The number of hydrogen-bond donors (Lipinski definition) is 0. The van der Waals surface area contributed by atoms with E-state index in [4.69, 9.17) is 0 Å². The van der Waals surface area contributed by atoms with E-state index in [0.29, 0.717) is 25.7 Å². The molecule has 5 heteroatoms. The van der Waals surface area contributed by atoms with Crippen LogP contribution in [-0.2, 0) is 11.3 Å².